The molecule has 1 heterocycles. The number of amides is 1. The molecule has 2 aromatic rings. The molecule has 1 amide bonds. The molecular formula is C11H12N4O. The molecule has 0 radical (unpaired) electrons. The van der Waals surface area contributed by atoms with Crippen LogP contribution in [0.1, 0.15) is 10.4 Å². The molecule has 0 saturated heterocycles. The standard InChI is InChI=1S/C11H12N4O/c1-13-11(16)8-3-2-4-9(7-8)15-6-5-10(12)14-15/h2-7H,1H3,(H2,12,14)(H,13,16). The van der Waals surface area contributed by atoms with E-state index in [2.05, 4.69) is 10.4 Å². The summed E-state index contributed by atoms with van der Waals surface area (Å²) in [5, 5.41) is 6.64. The average Bonchev–Trinajstić information content (AvgIpc) is 2.75. The summed E-state index contributed by atoms with van der Waals surface area (Å²) in [6, 6.07) is 8.86. The minimum absolute atomic E-state index is 0.123. The first-order valence-corrected chi connectivity index (χ1v) is 4.84. The number of nitrogens with zero attached hydrogens (tertiary/aromatic N) is 2. The first kappa shape index (κ1) is 10.2. The fourth-order valence-corrected chi connectivity index (χ4v) is 1.42. The van der Waals surface area contributed by atoms with Crippen molar-refractivity contribution in [2.75, 3.05) is 12.8 Å². The van der Waals surface area contributed by atoms with Crippen LogP contribution < -0.4 is 11.1 Å². The van der Waals surface area contributed by atoms with E-state index in [1.807, 2.05) is 6.07 Å². The molecule has 3 N–H and O–H groups in total. The number of anilines is 1. The van der Waals surface area contributed by atoms with Crippen LogP contribution in [0.5, 0.6) is 0 Å². The van der Waals surface area contributed by atoms with Crippen LogP contribution in [-0.2, 0) is 0 Å². The van der Waals surface area contributed by atoms with E-state index < -0.39 is 0 Å². The maximum atomic E-state index is 11.4. The molecule has 0 unspecified atom stereocenters. The van der Waals surface area contributed by atoms with Crippen LogP contribution in [0.2, 0.25) is 0 Å². The normalized spacial score (nSPS) is 10.1. The van der Waals surface area contributed by atoms with Crippen molar-refractivity contribution in [2.45, 2.75) is 0 Å². The summed E-state index contributed by atoms with van der Waals surface area (Å²) >= 11 is 0. The van der Waals surface area contributed by atoms with Gasteiger partial charge < -0.3 is 11.1 Å². The highest BCUT2D eigenvalue weighted by atomic mass is 16.1. The molecule has 16 heavy (non-hydrogen) atoms. The Labute approximate surface area is 92.9 Å². The van der Waals surface area contributed by atoms with Gasteiger partial charge in [-0.05, 0) is 18.2 Å². The second-order valence-corrected chi connectivity index (χ2v) is 3.31. The van der Waals surface area contributed by atoms with Crippen molar-refractivity contribution < 1.29 is 4.79 Å². The molecule has 5 heteroatoms. The molecule has 0 aliphatic heterocycles. The topological polar surface area (TPSA) is 72.9 Å². The van der Waals surface area contributed by atoms with Crippen LogP contribution >= 0.6 is 0 Å². The Kier molecular flexibility index (Phi) is 2.59. The molecule has 0 aliphatic carbocycles. The minimum Gasteiger partial charge on any atom is -0.382 e. The van der Waals surface area contributed by atoms with Gasteiger partial charge in [0.15, 0.2) is 0 Å². The number of carbonyl (C=O) groups is 1. The van der Waals surface area contributed by atoms with E-state index >= 15 is 0 Å². The van der Waals surface area contributed by atoms with Crippen molar-refractivity contribution in [3.63, 3.8) is 0 Å². The van der Waals surface area contributed by atoms with Crippen molar-refractivity contribution in [1.82, 2.24) is 15.1 Å². The molecule has 5 nitrogen and oxygen atoms in total. The van der Waals surface area contributed by atoms with E-state index in [1.54, 1.807) is 42.2 Å². The highest BCUT2D eigenvalue weighted by Gasteiger charge is 2.05. The number of hydrogen-bond acceptors (Lipinski definition) is 3. The summed E-state index contributed by atoms with van der Waals surface area (Å²) in [4.78, 5) is 11.4. The van der Waals surface area contributed by atoms with Crippen LogP contribution in [0.4, 0.5) is 5.82 Å². The Hall–Kier alpha value is -2.30. The Balaban J connectivity index is 2.39. The summed E-state index contributed by atoms with van der Waals surface area (Å²) in [5.74, 6) is 0.326. The van der Waals surface area contributed by atoms with Gasteiger partial charge in [-0.1, -0.05) is 6.07 Å². The quantitative estimate of drug-likeness (QED) is 0.780. The molecule has 0 atom stereocenters. The lowest BCUT2D eigenvalue weighted by Gasteiger charge is -2.04. The minimum atomic E-state index is -0.123. The van der Waals surface area contributed by atoms with Gasteiger partial charge in [0, 0.05) is 24.9 Å². The van der Waals surface area contributed by atoms with Gasteiger partial charge in [-0.15, -0.1) is 0 Å². The molecule has 0 fully saturated rings. The van der Waals surface area contributed by atoms with Crippen molar-refractivity contribution in [3.8, 4) is 5.69 Å². The third kappa shape index (κ3) is 1.88. The first-order chi connectivity index (χ1) is 7.70. The number of nitrogens with one attached hydrogen (secondary N) is 1. The number of hydrogen-bond donors (Lipinski definition) is 2. The van der Waals surface area contributed by atoms with Gasteiger partial charge in [-0.2, -0.15) is 5.10 Å². The number of carbonyl (C=O) groups excluding carboxylic acids is 1. The van der Waals surface area contributed by atoms with Gasteiger partial charge in [0.05, 0.1) is 5.69 Å². The highest BCUT2D eigenvalue weighted by Crippen LogP contribution is 2.11. The lowest BCUT2D eigenvalue weighted by atomic mass is 10.2. The van der Waals surface area contributed by atoms with Gasteiger partial charge in [0.25, 0.3) is 5.91 Å². The average molecular weight is 216 g/mol. The third-order valence-corrected chi connectivity index (χ3v) is 2.21. The fourth-order valence-electron chi connectivity index (χ4n) is 1.42. The lowest BCUT2D eigenvalue weighted by Crippen LogP contribution is -2.17. The van der Waals surface area contributed by atoms with Crippen molar-refractivity contribution in [3.05, 3.63) is 42.1 Å². The van der Waals surface area contributed by atoms with Gasteiger partial charge in [0.1, 0.15) is 5.82 Å². The predicted octanol–water partition coefficient (Wildman–Crippen LogP) is 0.814. The predicted molar refractivity (Wildman–Crippen MR) is 61.4 cm³/mol. The molecule has 2 rings (SSSR count). The zero-order valence-corrected chi connectivity index (χ0v) is 8.84. The molecule has 0 saturated carbocycles. The lowest BCUT2D eigenvalue weighted by molar-refractivity contribution is 0.0963. The summed E-state index contributed by atoms with van der Waals surface area (Å²) in [5.41, 5.74) is 6.92. The van der Waals surface area contributed by atoms with Gasteiger partial charge in [0.2, 0.25) is 0 Å². The van der Waals surface area contributed by atoms with Gasteiger partial charge >= 0.3 is 0 Å². The Bertz CT molecular complexity index is 518. The Morgan fingerprint density at radius 3 is 2.88 bits per heavy atom. The van der Waals surface area contributed by atoms with E-state index in [0.29, 0.717) is 11.4 Å². The van der Waals surface area contributed by atoms with E-state index in [-0.39, 0.29) is 5.91 Å². The Morgan fingerprint density at radius 1 is 1.44 bits per heavy atom. The molecule has 0 spiro atoms. The monoisotopic (exact) mass is 216 g/mol. The maximum absolute atomic E-state index is 11.4. The van der Waals surface area contributed by atoms with Crippen molar-refractivity contribution in [1.29, 1.82) is 0 Å². The van der Waals surface area contributed by atoms with E-state index in [0.717, 1.165) is 5.69 Å². The van der Waals surface area contributed by atoms with Gasteiger partial charge in [-0.3, -0.25) is 4.79 Å². The number of nitrogen functional groups attached to an aromatic ring is 1. The molecule has 0 aliphatic rings. The largest absolute Gasteiger partial charge is 0.382 e. The zero-order chi connectivity index (χ0) is 11.5. The number of aromatic nitrogens is 2. The first-order valence-electron chi connectivity index (χ1n) is 4.84. The maximum Gasteiger partial charge on any atom is 0.251 e. The molecule has 1 aromatic heterocycles. The summed E-state index contributed by atoms with van der Waals surface area (Å²) in [7, 11) is 1.60. The number of rotatable bonds is 2. The smallest absolute Gasteiger partial charge is 0.251 e. The third-order valence-electron chi connectivity index (χ3n) is 2.21. The fraction of sp³-hybridized carbons (Fsp3) is 0.0909. The number of benzene rings is 1. The molecular weight excluding hydrogens is 204 g/mol. The Morgan fingerprint density at radius 2 is 2.25 bits per heavy atom. The summed E-state index contributed by atoms with van der Waals surface area (Å²) in [6.45, 7) is 0. The molecule has 1 aromatic carbocycles. The van der Waals surface area contributed by atoms with Crippen LogP contribution in [0.15, 0.2) is 36.5 Å². The summed E-state index contributed by atoms with van der Waals surface area (Å²) in [6.07, 6.45) is 1.75. The van der Waals surface area contributed by atoms with Crippen LogP contribution in [0.3, 0.4) is 0 Å². The number of nitrogens with two attached hydrogens (primary N) is 1. The molecule has 0 bridgehead atoms. The second-order valence-electron chi connectivity index (χ2n) is 3.31. The summed E-state index contributed by atoms with van der Waals surface area (Å²) < 4.78 is 1.63. The van der Waals surface area contributed by atoms with E-state index in [1.165, 1.54) is 0 Å². The van der Waals surface area contributed by atoms with Gasteiger partial charge in [-0.25, -0.2) is 4.68 Å². The molecule has 82 valence electrons. The zero-order valence-electron chi connectivity index (χ0n) is 8.84. The van der Waals surface area contributed by atoms with E-state index in [4.69, 9.17) is 5.73 Å². The van der Waals surface area contributed by atoms with Crippen LogP contribution in [0.25, 0.3) is 5.69 Å². The SMILES string of the molecule is CNC(=O)c1cccc(-n2ccc(N)n2)c1. The van der Waals surface area contributed by atoms with E-state index in [9.17, 15) is 4.79 Å². The second kappa shape index (κ2) is 4.06. The highest BCUT2D eigenvalue weighted by molar-refractivity contribution is 5.94. The van der Waals surface area contributed by atoms with Crippen LogP contribution in [0, 0.1) is 0 Å². The van der Waals surface area contributed by atoms with Crippen molar-refractivity contribution >= 4 is 11.7 Å². The van der Waals surface area contributed by atoms with Crippen molar-refractivity contribution in [2.24, 2.45) is 0 Å². The van der Waals surface area contributed by atoms with Crippen LogP contribution in [-0.4, -0.2) is 22.7 Å².